The highest BCUT2D eigenvalue weighted by Gasteiger charge is 2.35. The van der Waals surface area contributed by atoms with Gasteiger partial charge in [-0.3, -0.25) is 0 Å². The zero-order valence-electron chi connectivity index (χ0n) is 13.4. The van der Waals surface area contributed by atoms with Crippen molar-refractivity contribution >= 4 is 35.5 Å². The number of thioether (sulfide) groups is 2. The molecule has 130 valence electrons. The molecule has 2 atom stereocenters. The summed E-state index contributed by atoms with van der Waals surface area (Å²) < 4.78 is 16.0. The third kappa shape index (κ3) is 4.60. The minimum absolute atomic E-state index is 0.209. The van der Waals surface area contributed by atoms with Crippen LogP contribution in [0, 0.1) is 0 Å². The molecule has 7 heteroatoms. The van der Waals surface area contributed by atoms with Crippen molar-refractivity contribution in [1.29, 1.82) is 0 Å². The molecule has 0 unspecified atom stereocenters. The molecule has 24 heavy (non-hydrogen) atoms. The van der Waals surface area contributed by atoms with E-state index < -0.39 is 18.0 Å². The van der Waals surface area contributed by atoms with Gasteiger partial charge in [-0.1, -0.05) is 12.1 Å². The van der Waals surface area contributed by atoms with Crippen LogP contribution in [-0.2, 0) is 19.1 Å². The van der Waals surface area contributed by atoms with E-state index >= 15 is 0 Å². The molecule has 2 fully saturated rings. The lowest BCUT2D eigenvalue weighted by Crippen LogP contribution is -2.26. The van der Waals surface area contributed by atoms with E-state index in [0.717, 1.165) is 0 Å². The second kappa shape index (κ2) is 8.16. The van der Waals surface area contributed by atoms with E-state index in [2.05, 4.69) is 0 Å². The summed E-state index contributed by atoms with van der Waals surface area (Å²) >= 11 is 3.93. The number of ether oxygens (including phenoxy) is 3. The van der Waals surface area contributed by atoms with Crippen LogP contribution in [0.2, 0.25) is 0 Å². The molecule has 2 heterocycles. The lowest BCUT2D eigenvalue weighted by atomic mass is 10.2. The van der Waals surface area contributed by atoms with Crippen molar-refractivity contribution < 1.29 is 23.8 Å². The van der Waals surface area contributed by atoms with Crippen LogP contribution >= 0.6 is 23.5 Å². The second-order valence-electron chi connectivity index (χ2n) is 5.75. The Bertz CT molecular complexity index is 583. The van der Waals surface area contributed by atoms with Crippen molar-refractivity contribution in [1.82, 2.24) is 0 Å². The molecule has 0 bridgehead atoms. The van der Waals surface area contributed by atoms with Crippen molar-refractivity contribution in [3.8, 4) is 5.75 Å². The van der Waals surface area contributed by atoms with E-state index in [1.165, 1.54) is 23.5 Å². The van der Waals surface area contributed by atoms with E-state index in [0.29, 0.717) is 16.8 Å². The van der Waals surface area contributed by atoms with Crippen LogP contribution in [-0.4, -0.2) is 42.3 Å². The van der Waals surface area contributed by atoms with Crippen LogP contribution in [0.1, 0.15) is 29.9 Å². The molecule has 2 aliphatic heterocycles. The molecule has 0 aromatic heterocycles. The Hall–Kier alpha value is -1.34. The number of carbonyl (C=O) groups is 2. The monoisotopic (exact) mass is 368 g/mol. The fourth-order valence-corrected chi connectivity index (χ4v) is 5.45. The van der Waals surface area contributed by atoms with Gasteiger partial charge in [-0.15, -0.1) is 23.5 Å². The summed E-state index contributed by atoms with van der Waals surface area (Å²) in [5.74, 6) is 1.97. The van der Waals surface area contributed by atoms with Crippen molar-refractivity contribution in [2.24, 2.45) is 0 Å². The van der Waals surface area contributed by atoms with Gasteiger partial charge in [-0.2, -0.15) is 0 Å². The standard InChI is InChI=1S/C17H20O5S2/c1-11-9-14(16(19)21-11)22-15(18)10-20-13-5-3-12(4-6-13)17-23-7-2-8-24-17/h3-6,11,14,17H,2,7-10H2,1H3/t11-,14+/m1/s1. The van der Waals surface area contributed by atoms with E-state index in [1.807, 2.05) is 47.8 Å². The van der Waals surface area contributed by atoms with Gasteiger partial charge >= 0.3 is 11.9 Å². The van der Waals surface area contributed by atoms with Gasteiger partial charge in [0.05, 0.1) is 4.58 Å². The molecule has 0 radical (unpaired) electrons. The van der Waals surface area contributed by atoms with Crippen LogP contribution < -0.4 is 4.74 Å². The molecule has 0 spiro atoms. The predicted molar refractivity (Wildman–Crippen MR) is 94.3 cm³/mol. The third-order valence-corrected chi connectivity index (χ3v) is 6.75. The van der Waals surface area contributed by atoms with Gasteiger partial charge in [0.2, 0.25) is 6.10 Å². The Labute approximate surface area is 149 Å². The topological polar surface area (TPSA) is 61.8 Å². The first kappa shape index (κ1) is 17.5. The second-order valence-corrected chi connectivity index (χ2v) is 8.47. The van der Waals surface area contributed by atoms with Crippen molar-refractivity contribution in [2.45, 2.75) is 36.6 Å². The molecular formula is C17H20O5S2. The highest BCUT2D eigenvalue weighted by Crippen LogP contribution is 2.43. The summed E-state index contributed by atoms with van der Waals surface area (Å²) in [7, 11) is 0. The zero-order valence-corrected chi connectivity index (χ0v) is 15.1. The lowest BCUT2D eigenvalue weighted by molar-refractivity contribution is -0.162. The number of benzene rings is 1. The van der Waals surface area contributed by atoms with E-state index in [-0.39, 0.29) is 12.7 Å². The minimum Gasteiger partial charge on any atom is -0.482 e. The number of hydrogen-bond acceptors (Lipinski definition) is 7. The fraction of sp³-hybridized carbons (Fsp3) is 0.529. The van der Waals surface area contributed by atoms with Crippen molar-refractivity contribution in [2.75, 3.05) is 18.1 Å². The fourth-order valence-electron chi connectivity index (χ4n) is 2.55. The Morgan fingerprint density at radius 2 is 1.96 bits per heavy atom. The summed E-state index contributed by atoms with van der Waals surface area (Å²) in [5, 5.41) is 0. The Morgan fingerprint density at radius 1 is 1.25 bits per heavy atom. The first-order chi connectivity index (χ1) is 11.6. The van der Waals surface area contributed by atoms with Crippen molar-refractivity contribution in [3.63, 3.8) is 0 Å². The van der Waals surface area contributed by atoms with E-state index in [9.17, 15) is 9.59 Å². The molecule has 5 nitrogen and oxygen atoms in total. The van der Waals surface area contributed by atoms with E-state index in [1.54, 1.807) is 6.92 Å². The molecule has 1 aromatic carbocycles. The highest BCUT2D eigenvalue weighted by molar-refractivity contribution is 8.16. The molecule has 0 amide bonds. The maximum atomic E-state index is 11.8. The first-order valence-electron chi connectivity index (χ1n) is 7.98. The Balaban J connectivity index is 1.46. The maximum Gasteiger partial charge on any atom is 0.347 e. The van der Waals surface area contributed by atoms with Gasteiger partial charge in [-0.05, 0) is 42.5 Å². The minimum atomic E-state index is -0.807. The zero-order chi connectivity index (χ0) is 16.9. The Morgan fingerprint density at radius 3 is 2.58 bits per heavy atom. The van der Waals surface area contributed by atoms with Gasteiger partial charge in [-0.25, -0.2) is 9.59 Å². The number of cyclic esters (lactones) is 1. The molecule has 2 aliphatic rings. The largest absolute Gasteiger partial charge is 0.482 e. The Kier molecular flexibility index (Phi) is 5.94. The molecular weight excluding hydrogens is 348 g/mol. The highest BCUT2D eigenvalue weighted by atomic mass is 32.2. The number of carbonyl (C=O) groups excluding carboxylic acids is 2. The molecule has 0 aliphatic carbocycles. The van der Waals surface area contributed by atoms with Crippen LogP contribution in [0.5, 0.6) is 5.75 Å². The molecule has 3 rings (SSSR count). The van der Waals surface area contributed by atoms with Crippen LogP contribution in [0.15, 0.2) is 24.3 Å². The predicted octanol–water partition coefficient (Wildman–Crippen LogP) is 3.18. The number of hydrogen-bond donors (Lipinski definition) is 0. The molecule has 0 saturated carbocycles. The van der Waals surface area contributed by atoms with Crippen molar-refractivity contribution in [3.05, 3.63) is 29.8 Å². The van der Waals surface area contributed by atoms with Crippen LogP contribution in [0.4, 0.5) is 0 Å². The molecule has 0 N–H and O–H groups in total. The SMILES string of the molecule is C[C@@H]1C[C@H](OC(=O)COc2ccc(C3SCCCS3)cc2)C(=O)O1. The van der Waals surface area contributed by atoms with Crippen LogP contribution in [0.25, 0.3) is 0 Å². The number of rotatable bonds is 5. The maximum absolute atomic E-state index is 11.8. The molecule has 2 saturated heterocycles. The van der Waals surface area contributed by atoms with Gasteiger partial charge in [0.1, 0.15) is 11.9 Å². The normalized spacial score (nSPS) is 24.5. The summed E-state index contributed by atoms with van der Waals surface area (Å²) in [4.78, 5) is 23.2. The third-order valence-electron chi connectivity index (χ3n) is 3.74. The van der Waals surface area contributed by atoms with Gasteiger partial charge in [0.15, 0.2) is 6.61 Å². The van der Waals surface area contributed by atoms with Gasteiger partial charge in [0, 0.05) is 6.42 Å². The average Bonchev–Trinajstić information content (AvgIpc) is 2.91. The summed E-state index contributed by atoms with van der Waals surface area (Å²) in [6.45, 7) is 1.55. The van der Waals surface area contributed by atoms with Gasteiger partial charge in [0.25, 0.3) is 0 Å². The summed E-state index contributed by atoms with van der Waals surface area (Å²) in [6.07, 6.45) is 0.649. The molecule has 1 aromatic rings. The van der Waals surface area contributed by atoms with Crippen LogP contribution in [0.3, 0.4) is 0 Å². The quantitative estimate of drug-likeness (QED) is 0.740. The average molecular weight is 368 g/mol. The smallest absolute Gasteiger partial charge is 0.347 e. The number of esters is 2. The summed E-state index contributed by atoms with van der Waals surface area (Å²) in [6, 6.07) is 7.80. The van der Waals surface area contributed by atoms with Gasteiger partial charge < -0.3 is 14.2 Å². The summed E-state index contributed by atoms with van der Waals surface area (Å²) in [5.41, 5.74) is 1.27. The van der Waals surface area contributed by atoms with E-state index in [4.69, 9.17) is 14.2 Å². The lowest BCUT2D eigenvalue weighted by Gasteiger charge is -2.21. The first-order valence-corrected chi connectivity index (χ1v) is 10.1.